The van der Waals surface area contributed by atoms with Gasteiger partial charge in [-0.05, 0) is 88.6 Å². The van der Waals surface area contributed by atoms with E-state index in [4.69, 9.17) is 4.42 Å². The number of thiophene rings is 1. The van der Waals surface area contributed by atoms with Gasteiger partial charge in [-0.3, -0.25) is 0 Å². The van der Waals surface area contributed by atoms with Crippen molar-refractivity contribution in [2.75, 3.05) is 4.90 Å². The van der Waals surface area contributed by atoms with Gasteiger partial charge < -0.3 is 13.9 Å². The first kappa shape index (κ1) is 38.6. The van der Waals surface area contributed by atoms with Crippen molar-refractivity contribution in [3.63, 3.8) is 0 Å². The van der Waals surface area contributed by atoms with E-state index in [0.29, 0.717) is 0 Å². The molecule has 0 N–H and O–H groups in total. The minimum atomic E-state index is 0.882. The van der Waals surface area contributed by atoms with Gasteiger partial charge in [0.2, 0.25) is 0 Å². The van der Waals surface area contributed by atoms with Crippen molar-refractivity contribution >= 4 is 103 Å². The molecule has 0 amide bonds. The molecule has 0 saturated carbocycles. The SMILES string of the molecule is c1ccc(N(c2ccc(-c3ccc4ccccc4c3)cc2)c2cc(-c3ccccc3-n3c4ccccc4c4ccccc43)c3sc4ccccc4c3c2)c(-c2cccc3c2oc2ccccc23)c1. The van der Waals surface area contributed by atoms with E-state index in [9.17, 15) is 0 Å². The number of para-hydroxylation sites is 6. The van der Waals surface area contributed by atoms with Crippen LogP contribution in [-0.4, -0.2) is 4.57 Å². The summed E-state index contributed by atoms with van der Waals surface area (Å²) in [6.07, 6.45) is 0. The summed E-state index contributed by atoms with van der Waals surface area (Å²) in [6, 6.07) is 88.3. The normalized spacial score (nSPS) is 11.8. The molecular formula is C64H40N2OS. The Balaban J connectivity index is 1.04. The van der Waals surface area contributed by atoms with Gasteiger partial charge in [0.1, 0.15) is 11.2 Å². The highest BCUT2D eigenvalue weighted by Gasteiger charge is 2.24. The Morgan fingerprint density at radius 2 is 0.985 bits per heavy atom. The highest BCUT2D eigenvalue weighted by molar-refractivity contribution is 7.26. The van der Waals surface area contributed by atoms with E-state index >= 15 is 0 Å². The molecule has 4 heteroatoms. The quantitative estimate of drug-likeness (QED) is 0.159. The lowest BCUT2D eigenvalue weighted by molar-refractivity contribution is 0.670. The third-order valence-electron chi connectivity index (χ3n) is 13.8. The van der Waals surface area contributed by atoms with Crippen molar-refractivity contribution < 1.29 is 4.42 Å². The minimum absolute atomic E-state index is 0.882. The van der Waals surface area contributed by atoms with Gasteiger partial charge in [-0.1, -0.05) is 176 Å². The number of fused-ring (bicyclic) bond motifs is 10. The zero-order valence-corrected chi connectivity index (χ0v) is 37.6. The summed E-state index contributed by atoms with van der Waals surface area (Å²) in [7, 11) is 0. The third-order valence-corrected chi connectivity index (χ3v) is 15.0. The van der Waals surface area contributed by atoms with Gasteiger partial charge in [0.05, 0.1) is 22.4 Å². The molecule has 3 aromatic heterocycles. The first-order valence-electron chi connectivity index (χ1n) is 23.2. The smallest absolute Gasteiger partial charge is 0.143 e. The van der Waals surface area contributed by atoms with Gasteiger partial charge >= 0.3 is 0 Å². The van der Waals surface area contributed by atoms with Crippen LogP contribution in [0.15, 0.2) is 247 Å². The van der Waals surface area contributed by atoms with Crippen LogP contribution in [0.4, 0.5) is 17.1 Å². The lowest BCUT2D eigenvalue weighted by atomic mass is 9.96. The van der Waals surface area contributed by atoms with Gasteiger partial charge in [0.25, 0.3) is 0 Å². The summed E-state index contributed by atoms with van der Waals surface area (Å²) in [5.74, 6) is 0. The van der Waals surface area contributed by atoms with Gasteiger partial charge in [-0.15, -0.1) is 11.3 Å². The number of benzene rings is 11. The maximum atomic E-state index is 6.74. The van der Waals surface area contributed by atoms with Crippen LogP contribution in [0.3, 0.4) is 0 Å². The van der Waals surface area contributed by atoms with Crippen molar-refractivity contribution in [2.24, 2.45) is 0 Å². The maximum Gasteiger partial charge on any atom is 0.143 e. The highest BCUT2D eigenvalue weighted by atomic mass is 32.1. The van der Waals surface area contributed by atoms with Gasteiger partial charge in [-0.2, -0.15) is 0 Å². The zero-order chi connectivity index (χ0) is 44.7. The van der Waals surface area contributed by atoms with E-state index < -0.39 is 0 Å². The molecule has 0 unspecified atom stereocenters. The van der Waals surface area contributed by atoms with Crippen LogP contribution in [-0.2, 0) is 0 Å². The molecule has 318 valence electrons. The van der Waals surface area contributed by atoms with E-state index in [2.05, 4.69) is 246 Å². The molecule has 0 spiro atoms. The monoisotopic (exact) mass is 884 g/mol. The fraction of sp³-hybridized carbons (Fsp3) is 0. The Morgan fingerprint density at radius 3 is 1.81 bits per heavy atom. The van der Waals surface area contributed by atoms with E-state index in [1.54, 1.807) is 0 Å². The van der Waals surface area contributed by atoms with Gasteiger partial charge in [-0.25, -0.2) is 0 Å². The Kier molecular flexibility index (Phi) is 8.76. The second-order valence-corrected chi connectivity index (χ2v) is 18.6. The second-order valence-electron chi connectivity index (χ2n) is 17.6. The van der Waals surface area contributed by atoms with Crippen LogP contribution >= 0.6 is 11.3 Å². The van der Waals surface area contributed by atoms with Crippen molar-refractivity contribution in [1.29, 1.82) is 0 Å². The predicted molar refractivity (Wildman–Crippen MR) is 289 cm³/mol. The van der Waals surface area contributed by atoms with Gasteiger partial charge in [0.15, 0.2) is 0 Å². The van der Waals surface area contributed by atoms with Crippen molar-refractivity contribution in [3.05, 3.63) is 243 Å². The van der Waals surface area contributed by atoms with Crippen LogP contribution in [0.5, 0.6) is 0 Å². The maximum absolute atomic E-state index is 6.74. The third kappa shape index (κ3) is 6.05. The Hall–Kier alpha value is -8.70. The molecule has 68 heavy (non-hydrogen) atoms. The fourth-order valence-electron chi connectivity index (χ4n) is 10.7. The van der Waals surface area contributed by atoms with Crippen molar-refractivity contribution in [3.8, 4) is 39.1 Å². The van der Waals surface area contributed by atoms with Crippen LogP contribution in [0.25, 0.3) is 114 Å². The summed E-state index contributed by atoms with van der Waals surface area (Å²) in [4.78, 5) is 2.46. The Labute approximate surface area is 396 Å². The summed E-state index contributed by atoms with van der Waals surface area (Å²) in [6.45, 7) is 0. The van der Waals surface area contributed by atoms with Crippen LogP contribution < -0.4 is 4.90 Å². The number of anilines is 3. The Bertz CT molecular complexity index is 4230. The summed E-state index contributed by atoms with van der Waals surface area (Å²) in [5.41, 5.74) is 15.3. The van der Waals surface area contributed by atoms with E-state index in [0.717, 1.165) is 55.8 Å². The first-order chi connectivity index (χ1) is 33.7. The number of nitrogens with zero attached hydrogens (tertiary/aromatic N) is 2. The van der Waals surface area contributed by atoms with Crippen LogP contribution in [0.1, 0.15) is 0 Å². The van der Waals surface area contributed by atoms with E-state index in [1.807, 2.05) is 17.4 Å². The molecule has 0 aliphatic rings. The molecule has 0 aliphatic carbocycles. The molecule has 14 aromatic rings. The molecule has 3 nitrogen and oxygen atoms in total. The topological polar surface area (TPSA) is 21.3 Å². The number of hydrogen-bond donors (Lipinski definition) is 0. The average molecular weight is 885 g/mol. The summed E-state index contributed by atoms with van der Waals surface area (Å²) in [5, 5.41) is 9.65. The van der Waals surface area contributed by atoms with E-state index in [-0.39, 0.29) is 0 Å². The predicted octanol–water partition coefficient (Wildman–Crippen LogP) is 18.7. The molecule has 0 fully saturated rings. The lowest BCUT2D eigenvalue weighted by Gasteiger charge is -2.29. The van der Waals surface area contributed by atoms with Crippen LogP contribution in [0.2, 0.25) is 0 Å². The number of hydrogen-bond acceptors (Lipinski definition) is 3. The average Bonchev–Trinajstić information content (AvgIpc) is 4.09. The largest absolute Gasteiger partial charge is 0.455 e. The van der Waals surface area contributed by atoms with Gasteiger partial charge in [0, 0.05) is 75.3 Å². The Morgan fingerprint density at radius 1 is 0.368 bits per heavy atom. The van der Waals surface area contributed by atoms with Crippen LogP contribution in [0, 0.1) is 0 Å². The molecule has 0 radical (unpaired) electrons. The molecule has 14 rings (SSSR count). The lowest BCUT2D eigenvalue weighted by Crippen LogP contribution is -2.11. The number of furan rings is 1. The molecular weight excluding hydrogens is 845 g/mol. The summed E-state index contributed by atoms with van der Waals surface area (Å²) < 4.78 is 11.7. The fourth-order valence-corrected chi connectivity index (χ4v) is 11.9. The number of rotatable bonds is 7. The van der Waals surface area contributed by atoms with E-state index in [1.165, 1.54) is 75.0 Å². The molecule has 0 aliphatic heterocycles. The summed E-state index contributed by atoms with van der Waals surface area (Å²) >= 11 is 1.87. The molecule has 3 heterocycles. The standard InChI is InChI=1S/C64H40N2OS/c1-2-17-43-38-44(33-32-41(43)16-1)42-34-36-45(37-35-42)65(57-26-9-5-20-49(57)53-24-15-25-54-51-22-7-13-30-61(51)67-63(53)54)46-39-55(64-56(40-46)52-23-8-14-31-62(52)68-64)50-21-6-12-29-60(50)66-58-27-10-3-18-47(58)48-19-4-11-28-59(48)66/h1-40H. The zero-order valence-electron chi connectivity index (χ0n) is 36.8. The molecule has 0 atom stereocenters. The second kappa shape index (κ2) is 15.5. The molecule has 11 aromatic carbocycles. The highest BCUT2D eigenvalue weighted by Crippen LogP contribution is 2.50. The molecule has 0 saturated heterocycles. The number of aromatic nitrogens is 1. The minimum Gasteiger partial charge on any atom is -0.455 e. The van der Waals surface area contributed by atoms with Crippen molar-refractivity contribution in [2.45, 2.75) is 0 Å². The van der Waals surface area contributed by atoms with Crippen molar-refractivity contribution in [1.82, 2.24) is 4.57 Å². The molecule has 0 bridgehead atoms. The first-order valence-corrected chi connectivity index (χ1v) is 24.0.